The minimum Gasteiger partial charge on any atom is -0.481 e. The van der Waals surface area contributed by atoms with Crippen molar-refractivity contribution in [3.63, 3.8) is 0 Å². The Balaban J connectivity index is 3.35. The van der Waals surface area contributed by atoms with Gasteiger partial charge >= 0.3 is 11.9 Å². The molecule has 0 aromatic heterocycles. The summed E-state index contributed by atoms with van der Waals surface area (Å²) in [5.41, 5.74) is 16.4. The van der Waals surface area contributed by atoms with Crippen LogP contribution >= 0.6 is 0 Å². The van der Waals surface area contributed by atoms with Gasteiger partial charge in [-0.05, 0) is 62.7 Å². The van der Waals surface area contributed by atoms with Crippen molar-refractivity contribution in [2.24, 2.45) is 45.9 Å². The van der Waals surface area contributed by atoms with Crippen LogP contribution in [0, 0.1) is 23.7 Å². The van der Waals surface area contributed by atoms with Gasteiger partial charge < -0.3 is 74.6 Å². The summed E-state index contributed by atoms with van der Waals surface area (Å²) in [6.07, 6.45) is -0.415. The van der Waals surface area contributed by atoms with Crippen molar-refractivity contribution in [2.45, 2.75) is 168 Å². The summed E-state index contributed by atoms with van der Waals surface area (Å²) in [4.78, 5) is 137. The first kappa shape index (κ1) is 60.9. The van der Waals surface area contributed by atoms with Crippen LogP contribution in [0.5, 0.6) is 0 Å². The molecule has 0 radical (unpaired) electrons. The van der Waals surface area contributed by atoms with Crippen LogP contribution in [0.4, 0.5) is 0 Å². The Morgan fingerprint density at radius 2 is 1.25 bits per heavy atom. The van der Waals surface area contributed by atoms with Crippen LogP contribution in [0.3, 0.4) is 0 Å². The van der Waals surface area contributed by atoms with Crippen LogP contribution in [-0.4, -0.2) is 159 Å². The molecule has 11 atom stereocenters. The number of aliphatic hydroxyl groups is 1. The van der Waals surface area contributed by atoms with E-state index in [-0.39, 0.29) is 50.7 Å². The fourth-order valence-corrected chi connectivity index (χ4v) is 7.28. The number of aliphatic hydroxyl groups excluding tert-OH is 1. The van der Waals surface area contributed by atoms with E-state index in [4.69, 9.17) is 17.2 Å². The van der Waals surface area contributed by atoms with E-state index >= 15 is 0 Å². The maximum atomic E-state index is 14.2. The second kappa shape index (κ2) is 29.7. The molecule has 1 aliphatic rings. The number of likely N-dealkylation sites (tertiary alicyclic amines) is 1. The molecule has 25 nitrogen and oxygen atoms in total. The highest BCUT2D eigenvalue weighted by molar-refractivity contribution is 5.98. The van der Waals surface area contributed by atoms with Crippen molar-refractivity contribution >= 4 is 65.2 Å². The lowest BCUT2D eigenvalue weighted by atomic mass is 9.95. The first-order chi connectivity index (χ1) is 32.2. The molecule has 1 aliphatic heterocycles. The molecule has 0 aromatic rings. The molecule has 0 aliphatic carbocycles. The Morgan fingerprint density at radius 1 is 0.696 bits per heavy atom. The van der Waals surface area contributed by atoms with E-state index in [1.807, 2.05) is 13.8 Å². The number of rotatable bonds is 30. The molecule has 0 bridgehead atoms. The molecular weight excluding hydrogens is 905 g/mol. The van der Waals surface area contributed by atoms with Crippen LogP contribution < -0.4 is 54.4 Å². The third kappa shape index (κ3) is 20.6. The molecule has 1 saturated heterocycles. The smallest absolute Gasteiger partial charge is 0.326 e. The van der Waals surface area contributed by atoms with Gasteiger partial charge in [0, 0.05) is 13.1 Å². The topological polar surface area (TPSA) is 409 Å². The lowest BCUT2D eigenvalue weighted by Gasteiger charge is -2.32. The van der Waals surface area contributed by atoms with E-state index in [9.17, 15) is 63.3 Å². The van der Waals surface area contributed by atoms with Gasteiger partial charge in [0.25, 0.3) is 0 Å². The van der Waals surface area contributed by atoms with Crippen molar-refractivity contribution in [1.82, 2.24) is 42.1 Å². The molecule has 1 fully saturated rings. The van der Waals surface area contributed by atoms with Crippen LogP contribution in [0.15, 0.2) is 4.99 Å². The SMILES string of the molecule is CC[C@H](C)[C@H](NC(=O)[C@H](CCCN=C(N)N)NC(=O)[C@@H](NC(=O)[C@H](CC(C)C)NC(=O)[C@@H]1CCCN1C(=O)[C@@H](NC(=O)[C@H](CC(=O)O)NC(=O)CNC(=O)[C@@H](N)[C@@H](C)O)C(C)C)[C@@H](C)CC)C(=O)O. The van der Waals surface area contributed by atoms with E-state index < -0.39 is 144 Å². The minimum atomic E-state index is -1.70. The Morgan fingerprint density at radius 3 is 1.77 bits per heavy atom. The molecule has 8 amide bonds. The van der Waals surface area contributed by atoms with Crippen molar-refractivity contribution in [2.75, 3.05) is 19.6 Å². The second-order valence-electron chi connectivity index (χ2n) is 18.4. The zero-order chi connectivity index (χ0) is 52.9. The standard InChI is InChI=1S/C44H78N12O13/c1-10-23(7)34(41(66)51-26(14-12-16-48-44(46)47)36(61)55-35(43(68)69)24(8)11-2)54-37(62)27(18-21(3)4)52-39(64)29-15-13-17-56(29)42(67)33(22(5)6)53-38(63)28(19-31(59)60)50-30(58)20-49-40(65)32(45)25(9)57/h21-29,32-35,57H,10-20,45H2,1-9H3,(H,49,65)(H,50,58)(H,51,66)(H,52,64)(H,53,63)(H,54,62)(H,55,61)(H,59,60)(H,68,69)(H4,46,47,48)/t23-,24-,25+,26-,27-,28-,29-,32-,33-,34-,35-/m0/s1. The number of carbonyl (C=O) groups is 10. The lowest BCUT2D eigenvalue weighted by Crippen LogP contribution is -2.61. The number of carbonyl (C=O) groups excluding carboxylic acids is 8. The van der Waals surface area contributed by atoms with Gasteiger partial charge in [0.15, 0.2) is 5.96 Å². The third-order valence-corrected chi connectivity index (χ3v) is 11.8. The van der Waals surface area contributed by atoms with Gasteiger partial charge in [0.2, 0.25) is 47.3 Å². The largest absolute Gasteiger partial charge is 0.481 e. The molecule has 25 heteroatoms. The summed E-state index contributed by atoms with van der Waals surface area (Å²) in [6, 6.07) is -10.4. The maximum Gasteiger partial charge on any atom is 0.326 e. The number of hydrogen-bond donors (Lipinski definition) is 13. The van der Waals surface area contributed by atoms with Crippen LogP contribution in [0.1, 0.15) is 114 Å². The first-order valence-corrected chi connectivity index (χ1v) is 23.5. The number of carboxylic acid groups (broad SMARTS) is 2. The second-order valence-corrected chi connectivity index (χ2v) is 18.4. The van der Waals surface area contributed by atoms with Crippen LogP contribution in [-0.2, 0) is 47.9 Å². The molecular formula is C44H78N12O13. The quantitative estimate of drug-likeness (QED) is 0.0195. The van der Waals surface area contributed by atoms with Crippen LogP contribution in [0.25, 0.3) is 0 Å². The summed E-state index contributed by atoms with van der Waals surface area (Å²) in [6.45, 7) is 14.5. The Labute approximate surface area is 403 Å². The van der Waals surface area contributed by atoms with E-state index in [2.05, 4.69) is 42.2 Å². The summed E-state index contributed by atoms with van der Waals surface area (Å²) in [5.74, 6) is -11.1. The average Bonchev–Trinajstić information content (AvgIpc) is 3.77. The molecule has 0 saturated carbocycles. The fraction of sp³-hybridized carbons (Fsp3) is 0.750. The summed E-state index contributed by atoms with van der Waals surface area (Å²) in [5, 5.41) is 46.5. The number of guanidine groups is 1. The highest BCUT2D eigenvalue weighted by atomic mass is 16.4. The summed E-state index contributed by atoms with van der Waals surface area (Å²) >= 11 is 0. The lowest BCUT2D eigenvalue weighted by molar-refractivity contribution is -0.144. The Hall–Kier alpha value is -6.11. The zero-order valence-corrected chi connectivity index (χ0v) is 41.3. The van der Waals surface area contributed by atoms with E-state index in [1.165, 1.54) is 11.8 Å². The maximum absolute atomic E-state index is 14.2. The van der Waals surface area contributed by atoms with Gasteiger partial charge in [-0.2, -0.15) is 0 Å². The van der Waals surface area contributed by atoms with Gasteiger partial charge in [-0.15, -0.1) is 0 Å². The predicted molar refractivity (Wildman–Crippen MR) is 252 cm³/mol. The van der Waals surface area contributed by atoms with Gasteiger partial charge in [-0.3, -0.25) is 48.1 Å². The van der Waals surface area contributed by atoms with Gasteiger partial charge in [0.05, 0.1) is 19.1 Å². The number of nitrogens with two attached hydrogens (primary N) is 3. The van der Waals surface area contributed by atoms with Crippen molar-refractivity contribution in [1.29, 1.82) is 0 Å². The first-order valence-electron chi connectivity index (χ1n) is 23.5. The molecule has 0 aromatic carbocycles. The third-order valence-electron chi connectivity index (χ3n) is 11.8. The highest BCUT2D eigenvalue weighted by Crippen LogP contribution is 2.22. The van der Waals surface area contributed by atoms with Gasteiger partial charge in [-0.1, -0.05) is 68.2 Å². The number of aliphatic imine (C=N–C) groups is 1. The number of aliphatic carboxylic acids is 2. The zero-order valence-electron chi connectivity index (χ0n) is 41.3. The van der Waals surface area contributed by atoms with Crippen LogP contribution in [0.2, 0.25) is 0 Å². The normalized spacial score (nSPS) is 17.8. The fourth-order valence-electron chi connectivity index (χ4n) is 7.28. The van der Waals surface area contributed by atoms with Gasteiger partial charge in [-0.25, -0.2) is 4.79 Å². The van der Waals surface area contributed by atoms with Crippen molar-refractivity contribution in [3.8, 4) is 0 Å². The Bertz CT molecular complexity index is 1830. The molecule has 69 heavy (non-hydrogen) atoms. The van der Waals surface area contributed by atoms with Gasteiger partial charge in [0.1, 0.15) is 48.3 Å². The van der Waals surface area contributed by atoms with E-state index in [1.54, 1.807) is 41.5 Å². The molecule has 0 unspecified atom stereocenters. The van der Waals surface area contributed by atoms with Crippen molar-refractivity contribution in [3.05, 3.63) is 0 Å². The number of nitrogens with one attached hydrogen (secondary N) is 7. The molecule has 392 valence electrons. The summed E-state index contributed by atoms with van der Waals surface area (Å²) < 4.78 is 0. The molecule has 0 spiro atoms. The van der Waals surface area contributed by atoms with Crippen molar-refractivity contribution < 1.29 is 63.3 Å². The monoisotopic (exact) mass is 983 g/mol. The highest BCUT2D eigenvalue weighted by Gasteiger charge is 2.41. The molecule has 16 N–H and O–H groups in total. The number of carboxylic acids is 2. The number of nitrogens with zero attached hydrogens (tertiary/aromatic N) is 2. The van der Waals surface area contributed by atoms with E-state index in [0.29, 0.717) is 19.3 Å². The number of hydrogen-bond acceptors (Lipinski definition) is 13. The average molecular weight is 983 g/mol. The molecule has 1 rings (SSSR count). The summed E-state index contributed by atoms with van der Waals surface area (Å²) in [7, 11) is 0. The number of amides is 8. The predicted octanol–water partition coefficient (Wildman–Crippen LogP) is -2.88. The Kier molecular flexibility index (Phi) is 26.2. The minimum absolute atomic E-state index is 0.00882. The van der Waals surface area contributed by atoms with E-state index in [0.717, 1.165) is 0 Å². The molecule has 1 heterocycles.